The molecule has 0 spiro atoms. The first-order valence-electron chi connectivity index (χ1n) is 31.4. The Balaban J connectivity index is 2.31. The highest BCUT2D eigenvalue weighted by Gasteiger charge is 2.40. The molecule has 26 N–H and O–H groups in total. The lowest BCUT2D eigenvalue weighted by molar-refractivity contribution is -0.149. The number of amides is 10. The predicted molar refractivity (Wildman–Crippen MR) is 343 cm³/mol. The number of aliphatic hydroxyl groups excluding tert-OH is 1. The molecular formula is C59H100N18O17. The summed E-state index contributed by atoms with van der Waals surface area (Å²) in [5.41, 5.74) is 33.2. The molecule has 1 aliphatic heterocycles. The maximum absolute atomic E-state index is 14.3. The Morgan fingerprint density at radius 2 is 1.06 bits per heavy atom. The molecule has 0 aromatic heterocycles. The van der Waals surface area contributed by atoms with Gasteiger partial charge >= 0.3 is 11.9 Å². The van der Waals surface area contributed by atoms with Gasteiger partial charge in [-0.3, -0.25) is 62.7 Å². The molecule has 1 fully saturated rings. The first kappa shape index (κ1) is 81.1. The van der Waals surface area contributed by atoms with E-state index in [1.54, 1.807) is 20.8 Å². The van der Waals surface area contributed by atoms with E-state index >= 15 is 0 Å². The normalized spacial score (nSPS) is 18.2. The van der Waals surface area contributed by atoms with Gasteiger partial charge in [-0.05, 0) is 122 Å². The van der Waals surface area contributed by atoms with Crippen molar-refractivity contribution in [2.24, 2.45) is 50.3 Å². The summed E-state index contributed by atoms with van der Waals surface area (Å²) in [5.74, 6) is -12.8. The maximum Gasteiger partial charge on any atom is 0.326 e. The molecular weight excluding hydrogens is 1230 g/mol. The first-order valence-corrected chi connectivity index (χ1v) is 31.4. The predicted octanol–water partition coefficient (Wildman–Crippen LogP) is -5.26. The van der Waals surface area contributed by atoms with E-state index in [0.717, 1.165) is 0 Å². The van der Waals surface area contributed by atoms with Gasteiger partial charge in [-0.1, -0.05) is 45.7 Å². The van der Waals surface area contributed by atoms with Gasteiger partial charge in [-0.2, -0.15) is 0 Å². The number of aliphatic hydroxyl groups is 1. The van der Waals surface area contributed by atoms with Crippen LogP contribution in [0.3, 0.4) is 0 Å². The number of guanidine groups is 2. The second-order valence-corrected chi connectivity index (χ2v) is 23.3. The maximum atomic E-state index is 14.3. The number of unbranched alkanes of at least 4 members (excludes halogenated alkanes) is 1. The largest absolute Gasteiger partial charge is 0.508 e. The monoisotopic (exact) mass is 1330 g/mol. The fraction of sp³-hybridized carbons (Fsp3) is 0.661. The van der Waals surface area contributed by atoms with Crippen LogP contribution in [0.1, 0.15) is 138 Å². The molecule has 1 aromatic rings. The van der Waals surface area contributed by atoms with Crippen molar-refractivity contribution in [3.05, 3.63) is 29.8 Å². The Morgan fingerprint density at radius 3 is 1.59 bits per heavy atom. The number of benzene rings is 1. The van der Waals surface area contributed by atoms with Crippen LogP contribution < -0.4 is 87.6 Å². The molecule has 35 heteroatoms. The molecule has 1 aromatic carbocycles. The number of hydrogen-bond donors (Lipinski definition) is 20. The van der Waals surface area contributed by atoms with E-state index in [4.69, 9.17) is 39.1 Å². The van der Waals surface area contributed by atoms with Gasteiger partial charge in [-0.25, -0.2) is 4.79 Å². The van der Waals surface area contributed by atoms with Crippen molar-refractivity contribution >= 4 is 82.9 Å². The number of carboxylic acids is 2. The summed E-state index contributed by atoms with van der Waals surface area (Å²) in [5, 5.41) is 65.8. The lowest BCUT2D eigenvalue weighted by atomic mass is 9.94. The van der Waals surface area contributed by atoms with Gasteiger partial charge in [0.15, 0.2) is 11.9 Å². The number of aromatic hydroxyl groups is 1. The van der Waals surface area contributed by atoms with Crippen LogP contribution >= 0.6 is 0 Å². The number of nitrogens with zero attached hydrogens (tertiary/aromatic N) is 2. The third kappa shape index (κ3) is 29.3. The smallest absolute Gasteiger partial charge is 0.326 e. The number of carboxylic acid groups (broad SMARTS) is 2. The van der Waals surface area contributed by atoms with E-state index in [-0.39, 0.29) is 88.5 Å². The third-order valence-corrected chi connectivity index (χ3v) is 15.2. The second-order valence-electron chi connectivity index (χ2n) is 23.3. The zero-order valence-corrected chi connectivity index (χ0v) is 54.4. The molecule has 15 atom stereocenters. The fourth-order valence-corrected chi connectivity index (χ4v) is 9.63. The van der Waals surface area contributed by atoms with Crippen molar-refractivity contribution in [1.29, 1.82) is 0 Å². The molecule has 0 aliphatic carbocycles. The Morgan fingerprint density at radius 1 is 0.574 bits per heavy atom. The van der Waals surface area contributed by atoms with Gasteiger partial charge in [0.05, 0.1) is 30.7 Å². The molecule has 0 saturated carbocycles. The molecule has 0 bridgehead atoms. The summed E-state index contributed by atoms with van der Waals surface area (Å²) in [6, 6.07) is -9.29. The van der Waals surface area contributed by atoms with Crippen molar-refractivity contribution < 1.29 is 82.7 Å². The molecule has 2 rings (SSSR count). The van der Waals surface area contributed by atoms with Gasteiger partial charge in [0.2, 0.25) is 59.1 Å². The number of rotatable bonds is 42. The standard InChI is InChI=1S/C59H100N18O17/c1-8-14-42-36(22-23-43(94-42)54(89)68-31(5)48(83)72-38(16-12-25-66-58(62)63)50(85)73-39(57(92)93)17-13-26-67-59(64)65)70-53(88)41(28-44(80)81)75-52(87)40(27-34-18-20-35(79)21-19-34)74-49(84)32(6)69-55(90)45(29(3)9-2)76-56(91)46(33(7)78)77-51(86)37(15-10-11-24-60)71-47(82)30(4)61/h18-21,29-33,36-43,45-46,78-79H,8-17,22-28,60-61H2,1-7H3,(H,68,89)(H,69,90)(H,70,88)(H,71,82)(H,72,83)(H,73,85)(H,74,84)(H,75,87)(H,76,91)(H,77,86)(H,80,81)(H,92,93)(H4,62,63,66)(H4,64,65,67)/t29-,30-,31-,32-,33+,36-,37-,38-,39-,40-,41-,42+,43-,45-,46-/m0/s1. The molecule has 94 heavy (non-hydrogen) atoms. The van der Waals surface area contributed by atoms with E-state index in [2.05, 4.69) is 63.2 Å². The molecule has 0 radical (unpaired) electrons. The van der Waals surface area contributed by atoms with Gasteiger partial charge in [0, 0.05) is 19.5 Å². The van der Waals surface area contributed by atoms with Crippen LogP contribution in [0.4, 0.5) is 0 Å². The van der Waals surface area contributed by atoms with Gasteiger partial charge in [0.25, 0.3) is 0 Å². The van der Waals surface area contributed by atoms with Crippen molar-refractivity contribution in [1.82, 2.24) is 53.2 Å². The highest BCUT2D eigenvalue weighted by Crippen LogP contribution is 2.24. The summed E-state index contributed by atoms with van der Waals surface area (Å²) >= 11 is 0. The van der Waals surface area contributed by atoms with Crippen LogP contribution in [-0.2, 0) is 68.7 Å². The highest BCUT2D eigenvalue weighted by molar-refractivity contribution is 5.98. The average Bonchev–Trinajstić information content (AvgIpc) is 0.863. The van der Waals surface area contributed by atoms with Crippen molar-refractivity contribution in [3.8, 4) is 5.75 Å². The zero-order valence-electron chi connectivity index (χ0n) is 54.4. The molecule has 1 heterocycles. The lowest BCUT2D eigenvalue weighted by Gasteiger charge is -2.37. The van der Waals surface area contributed by atoms with Crippen LogP contribution in [-0.4, -0.2) is 208 Å². The Labute approximate surface area is 545 Å². The van der Waals surface area contributed by atoms with Crippen LogP contribution in [0.25, 0.3) is 0 Å². The van der Waals surface area contributed by atoms with Crippen LogP contribution in [0.15, 0.2) is 34.3 Å². The van der Waals surface area contributed by atoms with Gasteiger partial charge in [-0.15, -0.1) is 0 Å². The topological polar surface area (TPSA) is 596 Å². The van der Waals surface area contributed by atoms with Crippen LogP contribution in [0, 0.1) is 5.92 Å². The number of carbonyl (C=O) groups is 12. The summed E-state index contributed by atoms with van der Waals surface area (Å²) in [7, 11) is 0. The zero-order chi connectivity index (χ0) is 70.9. The van der Waals surface area contributed by atoms with E-state index in [0.29, 0.717) is 37.8 Å². The number of ether oxygens (including phenoxy) is 1. The molecule has 528 valence electrons. The third-order valence-electron chi connectivity index (χ3n) is 15.2. The lowest BCUT2D eigenvalue weighted by Crippen LogP contribution is -2.62. The number of carbonyl (C=O) groups excluding carboxylic acids is 10. The number of phenols is 1. The minimum Gasteiger partial charge on any atom is -0.508 e. The Hall–Kier alpha value is -8.96. The van der Waals surface area contributed by atoms with Crippen molar-refractivity contribution in [2.75, 3.05) is 19.6 Å². The SMILES string of the molecule is CCC[C@H]1O[C@H](C(=O)N[C@@H](C)C(=O)N[C@@H](CCCN=C(N)N)C(=O)N[C@@H](CCCN=C(N)N)C(=O)O)CC[C@@H]1NC(=O)[C@H](CC(=O)O)NC(=O)[C@H](Cc1ccc(O)cc1)NC(=O)[C@H](C)NC(=O)[C@@H](NC(=O)[C@@H](NC(=O)[C@H](CCCCN)NC(=O)[C@H](C)N)[C@@H](C)O)[C@@H](C)CC. The minimum absolute atomic E-state index is 0.0362. The molecule has 1 saturated heterocycles. The molecule has 10 amide bonds. The quantitative estimate of drug-likeness (QED) is 0.0165. The number of phenolic OH excluding ortho intramolecular Hbond substituents is 1. The number of nitrogens with one attached hydrogen (secondary N) is 10. The summed E-state index contributed by atoms with van der Waals surface area (Å²) < 4.78 is 6.18. The van der Waals surface area contributed by atoms with Gasteiger partial charge < -0.3 is 113 Å². The summed E-state index contributed by atoms with van der Waals surface area (Å²) in [6.45, 7) is 10.8. The van der Waals surface area contributed by atoms with Crippen LogP contribution in [0.5, 0.6) is 5.75 Å². The molecule has 1 aliphatic rings. The number of hydrogen-bond acceptors (Lipinski definition) is 19. The molecule has 35 nitrogen and oxygen atoms in total. The Kier molecular flexibility index (Phi) is 35.9. The minimum atomic E-state index is -1.78. The summed E-state index contributed by atoms with van der Waals surface area (Å²) in [6.07, 6.45) is -2.46. The highest BCUT2D eigenvalue weighted by atomic mass is 16.5. The van der Waals surface area contributed by atoms with Crippen LogP contribution in [0.2, 0.25) is 0 Å². The van der Waals surface area contributed by atoms with E-state index in [1.165, 1.54) is 52.0 Å². The van der Waals surface area contributed by atoms with Gasteiger partial charge in [0.1, 0.15) is 66.2 Å². The van der Waals surface area contributed by atoms with E-state index in [9.17, 15) is 78.0 Å². The average molecular weight is 1330 g/mol. The van der Waals surface area contributed by atoms with E-state index < -0.39 is 168 Å². The first-order chi connectivity index (χ1) is 44.2. The molecule has 0 unspecified atom stereocenters. The summed E-state index contributed by atoms with van der Waals surface area (Å²) in [4.78, 5) is 169. The number of nitrogens with two attached hydrogens (primary N) is 6. The Bertz CT molecular complexity index is 2770. The van der Waals surface area contributed by atoms with Crippen molar-refractivity contribution in [3.63, 3.8) is 0 Å². The fourth-order valence-electron chi connectivity index (χ4n) is 9.63. The number of aliphatic imine (C=N–C) groups is 2. The second kappa shape index (κ2) is 41.6. The van der Waals surface area contributed by atoms with Crippen molar-refractivity contribution in [2.45, 2.75) is 223 Å². The number of aliphatic carboxylic acids is 2. The van der Waals surface area contributed by atoms with E-state index in [1.807, 2.05) is 0 Å².